The minimum absolute atomic E-state index is 0.161. The highest BCUT2D eigenvalue weighted by Gasteiger charge is 1.96. The first-order valence-corrected chi connectivity index (χ1v) is 3.50. The van der Waals surface area contributed by atoms with E-state index in [1.165, 1.54) is 5.69 Å². The van der Waals surface area contributed by atoms with Crippen molar-refractivity contribution in [1.29, 1.82) is 0 Å². The fraction of sp³-hybridized carbons (Fsp3) is 0.571. The maximum Gasteiger partial charge on any atom is 0.0643 e. The molecule has 3 heteroatoms. The molecule has 0 unspecified atom stereocenters. The van der Waals surface area contributed by atoms with Crippen molar-refractivity contribution in [2.45, 2.75) is 19.9 Å². The summed E-state index contributed by atoms with van der Waals surface area (Å²) in [5.74, 6) is 0. The van der Waals surface area contributed by atoms with Crippen LogP contribution in [0.4, 0.5) is 0 Å². The van der Waals surface area contributed by atoms with Crippen molar-refractivity contribution in [2.75, 3.05) is 6.61 Å². The van der Waals surface area contributed by atoms with Crippen molar-refractivity contribution in [1.82, 2.24) is 9.78 Å². The monoisotopic (exact) mass is 140 g/mol. The molecule has 0 saturated heterocycles. The molecule has 0 bridgehead atoms. The van der Waals surface area contributed by atoms with Crippen LogP contribution in [0.2, 0.25) is 0 Å². The van der Waals surface area contributed by atoms with E-state index in [1.807, 2.05) is 10.7 Å². The lowest BCUT2D eigenvalue weighted by atomic mass is 10.3. The largest absolute Gasteiger partial charge is 0.394 e. The summed E-state index contributed by atoms with van der Waals surface area (Å²) in [7, 11) is 0. The van der Waals surface area contributed by atoms with Crippen LogP contribution in [0.3, 0.4) is 0 Å². The first kappa shape index (κ1) is 7.28. The average Bonchev–Trinajstić information content (AvgIpc) is 2.36. The van der Waals surface area contributed by atoms with Crippen LogP contribution in [0.1, 0.15) is 12.6 Å². The predicted octanol–water partition coefficient (Wildman–Crippen LogP) is 0.438. The quantitative estimate of drug-likeness (QED) is 0.661. The lowest BCUT2D eigenvalue weighted by molar-refractivity contribution is 0.267. The minimum atomic E-state index is 0.161. The third-order valence-electron chi connectivity index (χ3n) is 1.48. The van der Waals surface area contributed by atoms with Crippen molar-refractivity contribution in [3.05, 3.63) is 18.0 Å². The van der Waals surface area contributed by atoms with Crippen molar-refractivity contribution < 1.29 is 5.11 Å². The van der Waals surface area contributed by atoms with E-state index < -0.39 is 0 Å². The van der Waals surface area contributed by atoms with E-state index in [1.54, 1.807) is 6.20 Å². The van der Waals surface area contributed by atoms with Gasteiger partial charge in [-0.3, -0.25) is 4.68 Å². The van der Waals surface area contributed by atoms with Crippen molar-refractivity contribution in [3.63, 3.8) is 0 Å². The number of rotatable bonds is 3. The lowest BCUT2D eigenvalue weighted by Gasteiger charge is -2.01. The first-order chi connectivity index (χ1) is 4.88. The molecule has 0 aromatic carbocycles. The van der Waals surface area contributed by atoms with E-state index >= 15 is 0 Å². The van der Waals surface area contributed by atoms with Crippen LogP contribution in [0.5, 0.6) is 0 Å². The van der Waals surface area contributed by atoms with Gasteiger partial charge >= 0.3 is 0 Å². The molecule has 1 aromatic rings. The third kappa shape index (κ3) is 1.36. The van der Waals surface area contributed by atoms with Gasteiger partial charge in [0, 0.05) is 11.9 Å². The molecule has 0 atom stereocenters. The Balaban J connectivity index is 2.70. The summed E-state index contributed by atoms with van der Waals surface area (Å²) in [6.07, 6.45) is 2.73. The van der Waals surface area contributed by atoms with Crippen molar-refractivity contribution >= 4 is 0 Å². The van der Waals surface area contributed by atoms with E-state index in [0.717, 1.165) is 6.42 Å². The van der Waals surface area contributed by atoms with Crippen LogP contribution in [0, 0.1) is 0 Å². The zero-order valence-corrected chi connectivity index (χ0v) is 6.12. The Morgan fingerprint density at radius 2 is 2.50 bits per heavy atom. The summed E-state index contributed by atoms with van der Waals surface area (Å²) in [6.45, 7) is 2.84. The number of aliphatic hydroxyl groups excluding tert-OH is 1. The van der Waals surface area contributed by atoms with Crippen LogP contribution in [-0.2, 0) is 13.0 Å². The molecule has 0 fully saturated rings. The number of nitrogens with zero attached hydrogens (tertiary/aromatic N) is 2. The molecular weight excluding hydrogens is 128 g/mol. The molecule has 1 heterocycles. The Labute approximate surface area is 60.3 Å². The van der Waals surface area contributed by atoms with Gasteiger partial charge in [-0.1, -0.05) is 6.92 Å². The summed E-state index contributed by atoms with van der Waals surface area (Å²) in [5.41, 5.74) is 1.18. The first-order valence-electron chi connectivity index (χ1n) is 3.50. The zero-order chi connectivity index (χ0) is 7.40. The van der Waals surface area contributed by atoms with Gasteiger partial charge in [-0.05, 0) is 12.5 Å². The number of aromatic nitrogens is 2. The Hall–Kier alpha value is -0.830. The minimum Gasteiger partial charge on any atom is -0.394 e. The number of hydrogen-bond donors (Lipinski definition) is 1. The highest BCUT2D eigenvalue weighted by Crippen LogP contribution is 1.97. The second-order valence-electron chi connectivity index (χ2n) is 2.12. The summed E-state index contributed by atoms with van der Waals surface area (Å²) in [5, 5.41) is 12.6. The molecule has 0 aliphatic rings. The Bertz CT molecular complexity index is 195. The second kappa shape index (κ2) is 3.37. The smallest absolute Gasteiger partial charge is 0.0643 e. The molecule has 1 rings (SSSR count). The van der Waals surface area contributed by atoms with Gasteiger partial charge < -0.3 is 5.11 Å². The maximum atomic E-state index is 8.60. The Morgan fingerprint density at radius 1 is 1.70 bits per heavy atom. The van der Waals surface area contributed by atoms with Crippen LogP contribution < -0.4 is 0 Å². The maximum absolute atomic E-state index is 8.60. The molecule has 0 aliphatic heterocycles. The van der Waals surface area contributed by atoms with Crippen LogP contribution in [0.25, 0.3) is 0 Å². The average molecular weight is 140 g/mol. The molecule has 56 valence electrons. The Kier molecular flexibility index (Phi) is 2.45. The van der Waals surface area contributed by atoms with E-state index in [4.69, 9.17) is 5.11 Å². The van der Waals surface area contributed by atoms with E-state index in [0.29, 0.717) is 6.54 Å². The van der Waals surface area contributed by atoms with Crippen LogP contribution >= 0.6 is 0 Å². The standard InChI is InChI=1S/C7H12N2O/c1-2-7-3-4-8-9(7)5-6-10/h3-4,10H,2,5-6H2,1H3. The number of aliphatic hydroxyl groups is 1. The fourth-order valence-corrected chi connectivity index (χ4v) is 0.956. The molecule has 1 aromatic heterocycles. The molecular formula is C7H12N2O. The molecule has 3 nitrogen and oxygen atoms in total. The third-order valence-corrected chi connectivity index (χ3v) is 1.48. The van der Waals surface area contributed by atoms with Crippen molar-refractivity contribution in [2.24, 2.45) is 0 Å². The fourth-order valence-electron chi connectivity index (χ4n) is 0.956. The molecule has 1 N–H and O–H groups in total. The molecule has 0 amide bonds. The SMILES string of the molecule is CCc1ccnn1CCO. The molecule has 10 heavy (non-hydrogen) atoms. The highest BCUT2D eigenvalue weighted by molar-refractivity contribution is 4.99. The topological polar surface area (TPSA) is 38.0 Å². The van der Waals surface area contributed by atoms with E-state index in [9.17, 15) is 0 Å². The van der Waals surface area contributed by atoms with E-state index in [-0.39, 0.29) is 6.61 Å². The van der Waals surface area contributed by atoms with Gasteiger partial charge in [-0.25, -0.2) is 0 Å². The Morgan fingerprint density at radius 3 is 3.10 bits per heavy atom. The summed E-state index contributed by atoms with van der Waals surface area (Å²) in [6, 6.07) is 1.97. The van der Waals surface area contributed by atoms with Gasteiger partial charge in [0.2, 0.25) is 0 Å². The summed E-state index contributed by atoms with van der Waals surface area (Å²) in [4.78, 5) is 0. The summed E-state index contributed by atoms with van der Waals surface area (Å²) >= 11 is 0. The normalized spacial score (nSPS) is 10.2. The van der Waals surface area contributed by atoms with Crippen LogP contribution in [0.15, 0.2) is 12.3 Å². The van der Waals surface area contributed by atoms with Gasteiger partial charge in [0.25, 0.3) is 0 Å². The van der Waals surface area contributed by atoms with Crippen LogP contribution in [-0.4, -0.2) is 21.5 Å². The van der Waals surface area contributed by atoms with Gasteiger partial charge in [0.05, 0.1) is 13.2 Å². The molecule has 0 aliphatic carbocycles. The van der Waals surface area contributed by atoms with Gasteiger partial charge in [-0.15, -0.1) is 0 Å². The van der Waals surface area contributed by atoms with Crippen molar-refractivity contribution in [3.8, 4) is 0 Å². The zero-order valence-electron chi connectivity index (χ0n) is 6.12. The number of hydrogen-bond acceptors (Lipinski definition) is 2. The second-order valence-corrected chi connectivity index (χ2v) is 2.12. The molecule has 0 saturated carbocycles. The van der Waals surface area contributed by atoms with Gasteiger partial charge in [0.15, 0.2) is 0 Å². The van der Waals surface area contributed by atoms with E-state index in [2.05, 4.69) is 12.0 Å². The lowest BCUT2D eigenvalue weighted by Crippen LogP contribution is -2.06. The number of aryl methyl sites for hydroxylation is 1. The highest BCUT2D eigenvalue weighted by atomic mass is 16.3. The predicted molar refractivity (Wildman–Crippen MR) is 38.7 cm³/mol. The van der Waals surface area contributed by atoms with Gasteiger partial charge in [0.1, 0.15) is 0 Å². The summed E-state index contributed by atoms with van der Waals surface area (Å²) < 4.78 is 1.82. The molecule has 0 spiro atoms. The molecule has 0 radical (unpaired) electrons. The van der Waals surface area contributed by atoms with Gasteiger partial charge in [-0.2, -0.15) is 5.10 Å².